The molecule has 114 valence electrons. The highest BCUT2D eigenvalue weighted by Crippen LogP contribution is 2.27. The van der Waals surface area contributed by atoms with Crippen LogP contribution in [-0.4, -0.2) is 46.6 Å². The highest BCUT2D eigenvalue weighted by atomic mass is 35.5. The van der Waals surface area contributed by atoms with Gasteiger partial charge in [-0.25, -0.2) is 0 Å². The normalized spacial score (nSPS) is 10.1. The van der Waals surface area contributed by atoms with Crippen molar-refractivity contribution in [3.8, 4) is 0 Å². The topological polar surface area (TPSA) is 101 Å². The van der Waals surface area contributed by atoms with Crippen LogP contribution in [0.15, 0.2) is 29.2 Å². The number of carboxylic acid groups (broad SMARTS) is 1. The van der Waals surface area contributed by atoms with E-state index >= 15 is 0 Å². The van der Waals surface area contributed by atoms with Crippen molar-refractivity contribution in [2.45, 2.75) is 11.3 Å². The van der Waals surface area contributed by atoms with Crippen molar-refractivity contribution in [2.24, 2.45) is 5.73 Å². The zero-order valence-corrected chi connectivity index (χ0v) is 12.7. The summed E-state index contributed by atoms with van der Waals surface area (Å²) in [6.45, 7) is -0.944. The lowest BCUT2D eigenvalue weighted by Crippen LogP contribution is -2.41. The van der Waals surface area contributed by atoms with Gasteiger partial charge in [-0.15, -0.1) is 11.8 Å². The lowest BCUT2D eigenvalue weighted by atomic mass is 10.3. The van der Waals surface area contributed by atoms with E-state index < -0.39 is 30.9 Å². The Bertz CT molecular complexity index is 523. The monoisotopic (exact) mass is 330 g/mol. The fourth-order valence-corrected chi connectivity index (χ4v) is 2.73. The van der Waals surface area contributed by atoms with Gasteiger partial charge in [0, 0.05) is 17.1 Å². The largest absolute Gasteiger partial charge is 0.480 e. The number of hydrogen-bond acceptors (Lipinski definition) is 4. The molecule has 0 aliphatic rings. The average Bonchev–Trinajstić information content (AvgIpc) is 2.39. The van der Waals surface area contributed by atoms with Gasteiger partial charge in [-0.3, -0.25) is 14.4 Å². The summed E-state index contributed by atoms with van der Waals surface area (Å²) in [5.74, 6) is -1.94. The first-order valence-electron chi connectivity index (χ1n) is 6.05. The highest BCUT2D eigenvalue weighted by Gasteiger charge is 2.18. The fraction of sp³-hybridized carbons (Fsp3) is 0.308. The number of nitrogens with zero attached hydrogens (tertiary/aromatic N) is 1. The quantitative estimate of drug-likeness (QED) is 0.698. The number of amides is 2. The third kappa shape index (κ3) is 6.50. The summed E-state index contributed by atoms with van der Waals surface area (Å²) < 4.78 is 0. The molecular weight excluding hydrogens is 316 g/mol. The fourth-order valence-electron chi connectivity index (χ4n) is 1.55. The number of carboxylic acids is 1. The van der Waals surface area contributed by atoms with Crippen LogP contribution in [0, 0.1) is 0 Å². The molecule has 0 aliphatic heterocycles. The van der Waals surface area contributed by atoms with E-state index in [0.29, 0.717) is 10.8 Å². The van der Waals surface area contributed by atoms with Crippen molar-refractivity contribution in [3.05, 3.63) is 29.3 Å². The zero-order chi connectivity index (χ0) is 15.8. The van der Waals surface area contributed by atoms with Gasteiger partial charge >= 0.3 is 5.97 Å². The predicted octanol–water partition coefficient (Wildman–Crippen LogP) is 1.22. The molecule has 0 saturated carbocycles. The van der Waals surface area contributed by atoms with Crippen molar-refractivity contribution in [2.75, 3.05) is 18.8 Å². The molecule has 0 unspecified atom stereocenters. The van der Waals surface area contributed by atoms with Gasteiger partial charge in [0.05, 0.1) is 11.6 Å². The summed E-state index contributed by atoms with van der Waals surface area (Å²) >= 11 is 7.37. The molecule has 6 nitrogen and oxygen atoms in total. The molecule has 0 fully saturated rings. The minimum Gasteiger partial charge on any atom is -0.480 e. The van der Waals surface area contributed by atoms with Crippen LogP contribution in [0.1, 0.15) is 6.42 Å². The van der Waals surface area contributed by atoms with E-state index in [9.17, 15) is 14.4 Å². The van der Waals surface area contributed by atoms with Gasteiger partial charge in [-0.05, 0) is 12.1 Å². The van der Waals surface area contributed by atoms with E-state index in [0.717, 1.165) is 9.80 Å². The molecule has 8 heteroatoms. The molecule has 1 aromatic rings. The standard InChI is InChI=1S/C13H15ClN2O4S/c14-9-3-1-2-4-10(9)21-6-5-12(18)16(7-11(15)17)8-13(19)20/h1-4H,5-8H2,(H2,15,17)(H,19,20). The number of carbonyl (C=O) groups is 3. The van der Waals surface area contributed by atoms with Gasteiger partial charge in [0.1, 0.15) is 6.54 Å². The Balaban J connectivity index is 2.51. The molecule has 0 heterocycles. The van der Waals surface area contributed by atoms with E-state index in [1.165, 1.54) is 11.8 Å². The number of halogens is 1. The Labute approximate surface area is 131 Å². The Morgan fingerprint density at radius 2 is 1.90 bits per heavy atom. The number of primary amides is 1. The molecule has 0 aliphatic carbocycles. The molecule has 0 saturated heterocycles. The SMILES string of the molecule is NC(=O)CN(CC(=O)O)C(=O)CCSc1ccccc1Cl. The minimum atomic E-state index is -1.19. The second-order valence-corrected chi connectivity index (χ2v) is 5.68. The minimum absolute atomic E-state index is 0.0937. The van der Waals surface area contributed by atoms with Crippen LogP contribution < -0.4 is 5.73 Å². The second-order valence-electron chi connectivity index (χ2n) is 4.14. The average molecular weight is 331 g/mol. The molecule has 1 aromatic carbocycles. The number of carbonyl (C=O) groups excluding carboxylic acids is 2. The summed E-state index contributed by atoms with van der Waals surface area (Å²) in [6.07, 6.45) is 0.0937. The van der Waals surface area contributed by atoms with Crippen molar-refractivity contribution in [3.63, 3.8) is 0 Å². The predicted molar refractivity (Wildman–Crippen MR) is 80.2 cm³/mol. The summed E-state index contributed by atoms with van der Waals surface area (Å²) in [4.78, 5) is 35.2. The molecule has 0 radical (unpaired) electrons. The smallest absolute Gasteiger partial charge is 0.323 e. The van der Waals surface area contributed by atoms with E-state index in [1.807, 2.05) is 12.1 Å². The molecule has 0 atom stereocenters. The van der Waals surface area contributed by atoms with Crippen molar-refractivity contribution in [1.29, 1.82) is 0 Å². The maximum absolute atomic E-state index is 11.9. The van der Waals surface area contributed by atoms with Gasteiger partial charge < -0.3 is 15.7 Å². The van der Waals surface area contributed by atoms with Crippen LogP contribution in [0.25, 0.3) is 0 Å². The molecule has 0 spiro atoms. The van der Waals surface area contributed by atoms with Gasteiger partial charge in [0.15, 0.2) is 0 Å². The Morgan fingerprint density at radius 1 is 1.24 bits per heavy atom. The maximum atomic E-state index is 11.9. The first kappa shape index (κ1) is 17.3. The maximum Gasteiger partial charge on any atom is 0.323 e. The first-order chi connectivity index (χ1) is 9.90. The highest BCUT2D eigenvalue weighted by molar-refractivity contribution is 7.99. The van der Waals surface area contributed by atoms with Crippen molar-refractivity contribution in [1.82, 2.24) is 4.90 Å². The Kier molecular flexibility index (Phi) is 7.04. The molecule has 3 N–H and O–H groups in total. The van der Waals surface area contributed by atoms with Gasteiger partial charge in [0.25, 0.3) is 0 Å². The molecule has 1 rings (SSSR count). The van der Waals surface area contributed by atoms with E-state index in [2.05, 4.69) is 0 Å². The van der Waals surface area contributed by atoms with Gasteiger partial charge in [-0.2, -0.15) is 0 Å². The molecule has 0 aromatic heterocycles. The van der Waals surface area contributed by atoms with Crippen LogP contribution in [-0.2, 0) is 14.4 Å². The lowest BCUT2D eigenvalue weighted by Gasteiger charge is -2.18. The molecular formula is C13H15ClN2O4S. The van der Waals surface area contributed by atoms with Crippen LogP contribution in [0.3, 0.4) is 0 Å². The van der Waals surface area contributed by atoms with Crippen molar-refractivity contribution < 1.29 is 19.5 Å². The Morgan fingerprint density at radius 3 is 2.48 bits per heavy atom. The van der Waals surface area contributed by atoms with Gasteiger partial charge in [0.2, 0.25) is 11.8 Å². The van der Waals surface area contributed by atoms with Crippen LogP contribution in [0.5, 0.6) is 0 Å². The number of rotatable bonds is 8. The number of thioether (sulfide) groups is 1. The second kappa shape index (κ2) is 8.53. The number of aliphatic carboxylic acids is 1. The first-order valence-corrected chi connectivity index (χ1v) is 7.41. The summed E-state index contributed by atoms with van der Waals surface area (Å²) in [7, 11) is 0. The summed E-state index contributed by atoms with van der Waals surface area (Å²) in [5.41, 5.74) is 5.00. The molecule has 2 amide bonds. The Hall–Kier alpha value is -1.73. The number of benzene rings is 1. The third-order valence-corrected chi connectivity index (χ3v) is 3.95. The number of hydrogen-bond donors (Lipinski definition) is 2. The van der Waals surface area contributed by atoms with Crippen LogP contribution >= 0.6 is 23.4 Å². The van der Waals surface area contributed by atoms with Gasteiger partial charge in [-0.1, -0.05) is 23.7 Å². The summed E-state index contributed by atoms with van der Waals surface area (Å²) in [6, 6.07) is 7.21. The lowest BCUT2D eigenvalue weighted by molar-refractivity contribution is -0.145. The molecule has 21 heavy (non-hydrogen) atoms. The van der Waals surface area contributed by atoms with Crippen molar-refractivity contribution >= 4 is 41.1 Å². The molecule has 0 bridgehead atoms. The van der Waals surface area contributed by atoms with Crippen LogP contribution in [0.4, 0.5) is 0 Å². The van der Waals surface area contributed by atoms with E-state index in [1.54, 1.807) is 12.1 Å². The van der Waals surface area contributed by atoms with E-state index in [-0.39, 0.29) is 6.42 Å². The number of nitrogens with two attached hydrogens (primary N) is 1. The summed E-state index contributed by atoms with van der Waals surface area (Å²) in [5, 5.41) is 9.31. The third-order valence-electron chi connectivity index (χ3n) is 2.44. The van der Waals surface area contributed by atoms with Crippen LogP contribution in [0.2, 0.25) is 5.02 Å². The zero-order valence-electron chi connectivity index (χ0n) is 11.1. The van der Waals surface area contributed by atoms with E-state index in [4.69, 9.17) is 22.4 Å².